The third kappa shape index (κ3) is 4.42. The predicted molar refractivity (Wildman–Crippen MR) is 103 cm³/mol. The summed E-state index contributed by atoms with van der Waals surface area (Å²) in [5.74, 6) is -0.768. The largest absolute Gasteiger partial charge is 0.337 e. The maximum absolute atomic E-state index is 13.1. The quantitative estimate of drug-likeness (QED) is 0.718. The number of fused-ring (bicyclic) bond motifs is 1. The summed E-state index contributed by atoms with van der Waals surface area (Å²) >= 11 is 0. The van der Waals surface area contributed by atoms with E-state index in [0.717, 1.165) is 18.5 Å². The van der Waals surface area contributed by atoms with Crippen LogP contribution in [-0.2, 0) is 6.54 Å². The molecule has 1 saturated heterocycles. The first-order chi connectivity index (χ1) is 14.0. The normalized spacial score (nSPS) is 15.8. The van der Waals surface area contributed by atoms with E-state index < -0.39 is 12.2 Å². The lowest BCUT2D eigenvalue weighted by Crippen LogP contribution is -2.35. The van der Waals surface area contributed by atoms with Gasteiger partial charge in [0.1, 0.15) is 5.82 Å². The zero-order valence-electron chi connectivity index (χ0n) is 15.7. The van der Waals surface area contributed by atoms with Crippen LogP contribution in [0, 0.1) is 5.82 Å². The Labute approximate surface area is 166 Å². The van der Waals surface area contributed by atoms with E-state index in [2.05, 4.69) is 14.9 Å². The monoisotopic (exact) mass is 402 g/mol. The Morgan fingerprint density at radius 1 is 1.07 bits per heavy atom. The number of hydrogen-bond donors (Lipinski definition) is 1. The number of carbonyl (C=O) groups is 1. The molecule has 152 valence electrons. The summed E-state index contributed by atoms with van der Waals surface area (Å²) in [6.45, 7) is 3.47. The van der Waals surface area contributed by atoms with Gasteiger partial charge in [-0.2, -0.15) is 0 Å². The molecule has 2 aromatic carbocycles. The SMILES string of the molecule is O=C(c1ccc2nc(C(F)F)[nH]c2c1)N1CCCN(Cc2ccc(F)cc2)CC1. The molecule has 1 aliphatic heterocycles. The van der Waals surface area contributed by atoms with Gasteiger partial charge in [-0.15, -0.1) is 0 Å². The van der Waals surface area contributed by atoms with E-state index in [4.69, 9.17) is 0 Å². The van der Waals surface area contributed by atoms with Crippen molar-refractivity contribution in [1.82, 2.24) is 19.8 Å². The second kappa shape index (κ2) is 8.24. The highest BCUT2D eigenvalue weighted by atomic mass is 19.3. The number of nitrogens with one attached hydrogen (secondary N) is 1. The van der Waals surface area contributed by atoms with Crippen LogP contribution in [0.15, 0.2) is 42.5 Å². The van der Waals surface area contributed by atoms with E-state index in [0.29, 0.717) is 42.8 Å². The van der Waals surface area contributed by atoms with Crippen molar-refractivity contribution in [1.29, 1.82) is 0 Å². The van der Waals surface area contributed by atoms with Gasteiger partial charge in [0.2, 0.25) is 0 Å². The molecule has 0 radical (unpaired) electrons. The minimum Gasteiger partial charge on any atom is -0.337 e. The Kier molecular flexibility index (Phi) is 5.53. The van der Waals surface area contributed by atoms with Gasteiger partial charge in [0.05, 0.1) is 11.0 Å². The minimum atomic E-state index is -2.68. The molecule has 4 rings (SSSR count). The van der Waals surface area contributed by atoms with Crippen molar-refractivity contribution in [3.63, 3.8) is 0 Å². The second-order valence-corrected chi connectivity index (χ2v) is 7.20. The highest BCUT2D eigenvalue weighted by Crippen LogP contribution is 2.21. The third-order valence-electron chi connectivity index (χ3n) is 5.15. The Morgan fingerprint density at radius 2 is 1.86 bits per heavy atom. The summed E-state index contributed by atoms with van der Waals surface area (Å²) in [7, 11) is 0. The third-order valence-corrected chi connectivity index (χ3v) is 5.15. The van der Waals surface area contributed by atoms with E-state index in [-0.39, 0.29) is 11.7 Å². The molecule has 1 aromatic heterocycles. The number of nitrogens with zero attached hydrogens (tertiary/aromatic N) is 3. The first-order valence-corrected chi connectivity index (χ1v) is 9.53. The smallest absolute Gasteiger partial charge is 0.295 e. The molecule has 1 aliphatic rings. The Hall–Kier alpha value is -2.87. The van der Waals surface area contributed by atoms with E-state index in [1.165, 1.54) is 12.1 Å². The lowest BCUT2D eigenvalue weighted by Gasteiger charge is -2.22. The molecule has 0 atom stereocenters. The molecule has 1 N–H and O–H groups in total. The van der Waals surface area contributed by atoms with Crippen LogP contribution in [0.2, 0.25) is 0 Å². The van der Waals surface area contributed by atoms with Gasteiger partial charge in [-0.05, 0) is 42.3 Å². The molecule has 29 heavy (non-hydrogen) atoms. The van der Waals surface area contributed by atoms with Crippen molar-refractivity contribution in [2.45, 2.75) is 19.4 Å². The van der Waals surface area contributed by atoms with Crippen LogP contribution in [0.4, 0.5) is 13.2 Å². The molecular weight excluding hydrogens is 381 g/mol. The number of halogens is 3. The van der Waals surface area contributed by atoms with Gasteiger partial charge < -0.3 is 9.88 Å². The first-order valence-electron chi connectivity index (χ1n) is 9.53. The fraction of sp³-hybridized carbons (Fsp3) is 0.333. The number of aromatic amines is 1. The number of benzene rings is 2. The molecule has 0 spiro atoms. The maximum Gasteiger partial charge on any atom is 0.295 e. The van der Waals surface area contributed by atoms with Crippen LogP contribution in [0.3, 0.4) is 0 Å². The van der Waals surface area contributed by atoms with Crippen LogP contribution >= 0.6 is 0 Å². The second-order valence-electron chi connectivity index (χ2n) is 7.20. The number of hydrogen-bond acceptors (Lipinski definition) is 3. The standard InChI is InChI=1S/C21H21F3N4O/c22-16-5-2-14(3-6-16)13-27-8-1-9-28(11-10-27)21(29)15-4-7-17-18(12-15)26-20(25-17)19(23)24/h2-7,12,19H,1,8-11,13H2,(H,25,26). The van der Waals surface area contributed by atoms with Crippen LogP contribution in [0.5, 0.6) is 0 Å². The molecule has 1 fully saturated rings. The number of imidazole rings is 1. The Bertz CT molecular complexity index is 1000. The van der Waals surface area contributed by atoms with Crippen LogP contribution in [-0.4, -0.2) is 51.9 Å². The van der Waals surface area contributed by atoms with Gasteiger partial charge in [0.25, 0.3) is 12.3 Å². The molecular formula is C21H21F3N4O. The molecule has 1 amide bonds. The highest BCUT2D eigenvalue weighted by Gasteiger charge is 2.21. The number of amides is 1. The molecule has 2 heterocycles. The molecule has 0 unspecified atom stereocenters. The summed E-state index contributed by atoms with van der Waals surface area (Å²) in [6.07, 6.45) is -1.85. The van der Waals surface area contributed by atoms with E-state index >= 15 is 0 Å². The van der Waals surface area contributed by atoms with Crippen molar-refractivity contribution < 1.29 is 18.0 Å². The van der Waals surface area contributed by atoms with E-state index in [1.807, 2.05) is 0 Å². The summed E-state index contributed by atoms with van der Waals surface area (Å²) in [4.78, 5) is 23.4. The zero-order valence-corrected chi connectivity index (χ0v) is 15.7. The Balaban J connectivity index is 1.42. The summed E-state index contributed by atoms with van der Waals surface area (Å²) in [5, 5.41) is 0. The number of rotatable bonds is 4. The molecule has 0 bridgehead atoms. The fourth-order valence-corrected chi connectivity index (χ4v) is 3.63. The molecule has 8 heteroatoms. The van der Waals surface area contributed by atoms with Gasteiger partial charge in [-0.1, -0.05) is 12.1 Å². The lowest BCUT2D eigenvalue weighted by atomic mass is 10.1. The van der Waals surface area contributed by atoms with Crippen molar-refractivity contribution in [2.24, 2.45) is 0 Å². The summed E-state index contributed by atoms with van der Waals surface area (Å²) in [5.41, 5.74) is 2.33. The molecule has 0 aliphatic carbocycles. The fourth-order valence-electron chi connectivity index (χ4n) is 3.63. The average Bonchev–Trinajstić information content (AvgIpc) is 3.01. The Morgan fingerprint density at radius 3 is 2.62 bits per heavy atom. The first kappa shape index (κ1) is 19.4. The van der Waals surface area contributed by atoms with E-state index in [9.17, 15) is 18.0 Å². The van der Waals surface area contributed by atoms with Crippen molar-refractivity contribution >= 4 is 16.9 Å². The highest BCUT2D eigenvalue weighted by molar-refractivity contribution is 5.97. The van der Waals surface area contributed by atoms with Gasteiger partial charge in [0, 0.05) is 38.3 Å². The van der Waals surface area contributed by atoms with Crippen LogP contribution in [0.1, 0.15) is 34.6 Å². The van der Waals surface area contributed by atoms with E-state index in [1.54, 1.807) is 35.2 Å². The number of carbonyl (C=O) groups excluding carboxylic acids is 1. The number of aromatic nitrogens is 2. The molecule has 3 aromatic rings. The van der Waals surface area contributed by atoms with Gasteiger partial charge in [-0.25, -0.2) is 18.2 Å². The minimum absolute atomic E-state index is 0.122. The van der Waals surface area contributed by atoms with Crippen LogP contribution in [0.25, 0.3) is 11.0 Å². The molecule has 0 saturated carbocycles. The van der Waals surface area contributed by atoms with Crippen molar-refractivity contribution in [3.05, 3.63) is 65.2 Å². The van der Waals surface area contributed by atoms with Gasteiger partial charge in [0.15, 0.2) is 5.82 Å². The predicted octanol–water partition coefficient (Wildman–Crippen LogP) is 3.99. The van der Waals surface area contributed by atoms with Crippen molar-refractivity contribution in [3.8, 4) is 0 Å². The van der Waals surface area contributed by atoms with Crippen molar-refractivity contribution in [2.75, 3.05) is 26.2 Å². The average molecular weight is 402 g/mol. The van der Waals surface area contributed by atoms with Crippen LogP contribution < -0.4 is 0 Å². The lowest BCUT2D eigenvalue weighted by molar-refractivity contribution is 0.0761. The molecule has 5 nitrogen and oxygen atoms in total. The van der Waals surface area contributed by atoms with Gasteiger partial charge >= 0.3 is 0 Å². The van der Waals surface area contributed by atoms with Gasteiger partial charge in [-0.3, -0.25) is 9.69 Å². The topological polar surface area (TPSA) is 52.2 Å². The zero-order chi connectivity index (χ0) is 20.4. The maximum atomic E-state index is 13.1. The summed E-state index contributed by atoms with van der Waals surface area (Å²) < 4.78 is 38.7. The summed E-state index contributed by atoms with van der Waals surface area (Å²) in [6, 6.07) is 11.2. The number of alkyl halides is 2. The number of H-pyrrole nitrogens is 1.